The molecule has 0 aromatic heterocycles. The van der Waals surface area contributed by atoms with Crippen molar-refractivity contribution in [2.75, 3.05) is 27.3 Å². The fourth-order valence-electron chi connectivity index (χ4n) is 4.15. The van der Waals surface area contributed by atoms with Gasteiger partial charge in [0.05, 0.1) is 15.6 Å². The largest absolute Gasteiger partial charge is 0.493 e. The summed E-state index contributed by atoms with van der Waals surface area (Å²) in [5.74, 6) is -5.63. The summed E-state index contributed by atoms with van der Waals surface area (Å²) in [5, 5.41) is 0. The lowest BCUT2D eigenvalue weighted by atomic mass is 9.79. The van der Waals surface area contributed by atoms with Crippen LogP contribution in [0.2, 0.25) is 0 Å². The number of nitrogens with zero attached hydrogens (tertiary/aromatic N) is 1. The molecule has 6 nitrogen and oxygen atoms in total. The molecule has 1 fully saturated rings. The summed E-state index contributed by atoms with van der Waals surface area (Å²) < 4.78 is 114. The highest BCUT2D eigenvalue weighted by Gasteiger charge is 2.41. The first-order chi connectivity index (χ1) is 18.9. The van der Waals surface area contributed by atoms with Gasteiger partial charge in [-0.3, -0.25) is 9.69 Å². The second kappa shape index (κ2) is 9.56. The van der Waals surface area contributed by atoms with Gasteiger partial charge in [0.15, 0.2) is 11.5 Å². The van der Waals surface area contributed by atoms with Gasteiger partial charge in [0.25, 0.3) is 0 Å². The minimum Gasteiger partial charge on any atom is -0.493 e. The van der Waals surface area contributed by atoms with Crippen molar-refractivity contribution in [3.63, 3.8) is 0 Å². The summed E-state index contributed by atoms with van der Waals surface area (Å²) in [6.07, 6.45) is -3.36. The Labute approximate surface area is 197 Å². The number of rotatable bonds is 7. The average molecular weight is 431 g/mol. The van der Waals surface area contributed by atoms with E-state index in [4.69, 9.17) is 36.4 Å². The number of carbonyl (C=O) groups is 1. The van der Waals surface area contributed by atoms with Crippen molar-refractivity contribution in [3.05, 3.63) is 23.3 Å². The molecular formula is C24H38N2O4. The smallest absolute Gasteiger partial charge is 0.323 e. The highest BCUT2D eigenvalue weighted by atomic mass is 16.5. The molecular weight excluding hydrogens is 380 g/mol. The van der Waals surface area contributed by atoms with Crippen molar-refractivity contribution >= 4 is 5.97 Å². The van der Waals surface area contributed by atoms with Crippen LogP contribution >= 0.6 is 0 Å². The van der Waals surface area contributed by atoms with Crippen LogP contribution in [0.15, 0.2) is 12.1 Å². The van der Waals surface area contributed by atoms with Gasteiger partial charge in [0.1, 0.15) is 12.1 Å². The third kappa shape index (κ3) is 4.75. The monoisotopic (exact) mass is 430 g/mol. The number of esters is 1. The van der Waals surface area contributed by atoms with Gasteiger partial charge in [-0.1, -0.05) is 27.6 Å². The van der Waals surface area contributed by atoms with Gasteiger partial charge in [0.2, 0.25) is 0 Å². The molecule has 0 aliphatic carbocycles. The lowest BCUT2D eigenvalue weighted by Crippen LogP contribution is -2.51. The summed E-state index contributed by atoms with van der Waals surface area (Å²) in [6, 6.07) is -1.52. The van der Waals surface area contributed by atoms with E-state index in [9.17, 15) is 4.79 Å². The molecule has 6 heteroatoms. The van der Waals surface area contributed by atoms with Gasteiger partial charge in [-0.25, -0.2) is 0 Å². The molecule has 4 atom stereocenters. The van der Waals surface area contributed by atoms with Crippen molar-refractivity contribution in [1.29, 1.82) is 0 Å². The minimum absolute atomic E-state index is 0.00225. The molecule has 168 valence electrons. The average Bonchev–Trinajstić information content (AvgIpc) is 2.85. The summed E-state index contributed by atoms with van der Waals surface area (Å²) in [5.41, 5.74) is 6.12. The number of piperidine rings is 1. The van der Waals surface area contributed by atoms with E-state index in [1.54, 1.807) is 0 Å². The Bertz CT molecular complexity index is 1170. The fraction of sp³-hybridized carbons (Fsp3) is 0.708. The number of carbonyl (C=O) groups excluding carboxylic acids is 1. The summed E-state index contributed by atoms with van der Waals surface area (Å²) in [4.78, 5) is 14.7. The first-order valence-corrected chi connectivity index (χ1v) is 9.93. The van der Waals surface area contributed by atoms with Gasteiger partial charge in [0, 0.05) is 46.5 Å². The maximum absolute atomic E-state index is 13.4. The highest BCUT2D eigenvalue weighted by molar-refractivity contribution is 5.76. The van der Waals surface area contributed by atoms with E-state index in [1.165, 1.54) is 31.3 Å². The molecule has 2 N–H and O–H groups in total. The molecule has 2 heterocycles. The van der Waals surface area contributed by atoms with Crippen LogP contribution in [0.4, 0.5) is 0 Å². The van der Waals surface area contributed by atoms with Crippen molar-refractivity contribution in [2.45, 2.75) is 64.9 Å². The zero-order chi connectivity index (χ0) is 32.4. The van der Waals surface area contributed by atoms with Gasteiger partial charge >= 0.3 is 5.97 Å². The molecule has 1 saturated heterocycles. The maximum Gasteiger partial charge on any atom is 0.323 e. The van der Waals surface area contributed by atoms with Crippen LogP contribution in [0.3, 0.4) is 0 Å². The molecule has 0 amide bonds. The van der Waals surface area contributed by atoms with Gasteiger partial charge in [-0.2, -0.15) is 0 Å². The van der Waals surface area contributed by atoms with Gasteiger partial charge in [-0.05, 0) is 47.9 Å². The van der Waals surface area contributed by atoms with Crippen LogP contribution in [-0.2, 0) is 15.9 Å². The number of aryl methyl sites for hydroxylation is 1. The van der Waals surface area contributed by atoms with E-state index in [0.717, 1.165) is 0 Å². The zero-order valence-electron chi connectivity index (χ0n) is 29.7. The Kier molecular flexibility index (Phi) is 3.74. The van der Waals surface area contributed by atoms with E-state index in [2.05, 4.69) is 0 Å². The topological polar surface area (TPSA) is 74.0 Å². The number of hydrogen-bond donors (Lipinski definition) is 1. The van der Waals surface area contributed by atoms with E-state index in [0.29, 0.717) is 12.0 Å². The van der Waals surface area contributed by atoms with E-state index in [-0.39, 0.29) is 35.9 Å². The molecule has 2 aliphatic rings. The third-order valence-corrected chi connectivity index (χ3v) is 5.56. The number of methoxy groups -OCH3 is 2. The fourth-order valence-corrected chi connectivity index (χ4v) is 4.15. The SMILES string of the molecule is [2H]C([2H])([2H])C([2H])(C([2H])([2H])[2H])[C@]([2H])(N)C(=O)OC1CC2c3cc(OC)c(OC)cc3C([2H])([2H])C([2H])([2H])N2CC1CC(C)C. The van der Waals surface area contributed by atoms with Crippen molar-refractivity contribution in [1.82, 2.24) is 4.90 Å². The highest BCUT2D eigenvalue weighted by Crippen LogP contribution is 2.44. The molecule has 0 bridgehead atoms. The number of hydrogen-bond acceptors (Lipinski definition) is 6. The standard InChI is InChI=1S/C24H38N2O4/c1-14(2)9-17-13-26-8-7-16-10-21(28-5)22(29-6)11-18(16)19(26)12-20(17)30-24(27)23(25)15(3)4/h10-11,14-15,17,19-20,23H,7-9,12-13,25H2,1-6H3/t17?,19?,20?,23-/m0/s1/i3D3,4D3,7D2,8D2,15D,23D. The second-order valence-electron chi connectivity index (χ2n) is 8.06. The molecule has 0 spiro atoms. The molecule has 1 aromatic carbocycles. The van der Waals surface area contributed by atoms with Gasteiger partial charge in [-0.15, -0.1) is 0 Å². The number of ether oxygens (including phenoxy) is 3. The van der Waals surface area contributed by atoms with E-state index < -0.39 is 62.5 Å². The molecule has 3 rings (SSSR count). The Hall–Kier alpha value is -1.79. The third-order valence-electron chi connectivity index (χ3n) is 5.56. The zero-order valence-corrected chi connectivity index (χ0v) is 17.7. The molecule has 0 radical (unpaired) electrons. The minimum atomic E-state index is -3.73. The molecule has 2 aliphatic heterocycles. The van der Waals surface area contributed by atoms with Crippen molar-refractivity contribution < 1.29 is 35.5 Å². The molecule has 30 heavy (non-hydrogen) atoms. The van der Waals surface area contributed by atoms with E-state index in [1.807, 2.05) is 13.8 Å². The lowest BCUT2D eigenvalue weighted by Gasteiger charge is -2.47. The lowest BCUT2D eigenvalue weighted by molar-refractivity contribution is -0.160. The number of benzene rings is 1. The Morgan fingerprint density at radius 1 is 1.33 bits per heavy atom. The predicted octanol–water partition coefficient (Wildman–Crippen LogP) is 3.56. The van der Waals surface area contributed by atoms with Crippen molar-refractivity contribution in [3.8, 4) is 11.5 Å². The summed E-state index contributed by atoms with van der Waals surface area (Å²) in [7, 11) is 2.75. The first kappa shape index (κ1) is 11.7. The molecule has 3 unspecified atom stereocenters. The number of nitrogens with two attached hydrogens (primary N) is 1. The Balaban J connectivity index is 2.13. The first-order valence-electron chi connectivity index (χ1n) is 15.9. The Morgan fingerprint density at radius 3 is 2.67 bits per heavy atom. The molecule has 0 saturated carbocycles. The summed E-state index contributed by atoms with van der Waals surface area (Å²) in [6.45, 7) is -6.20. The van der Waals surface area contributed by atoms with Gasteiger partial charge < -0.3 is 19.9 Å². The van der Waals surface area contributed by atoms with Crippen LogP contribution in [-0.4, -0.2) is 50.3 Å². The van der Waals surface area contributed by atoms with Crippen LogP contribution in [0.25, 0.3) is 0 Å². The number of fused-ring (bicyclic) bond motifs is 3. The molecule has 1 aromatic rings. The van der Waals surface area contributed by atoms with Crippen LogP contribution in [0.5, 0.6) is 11.5 Å². The Morgan fingerprint density at radius 2 is 2.03 bits per heavy atom. The van der Waals surface area contributed by atoms with Crippen LogP contribution < -0.4 is 15.2 Å². The van der Waals surface area contributed by atoms with Crippen LogP contribution in [0, 0.1) is 17.7 Å². The predicted molar refractivity (Wildman–Crippen MR) is 118 cm³/mol. The van der Waals surface area contributed by atoms with Crippen molar-refractivity contribution in [2.24, 2.45) is 23.5 Å². The summed E-state index contributed by atoms with van der Waals surface area (Å²) >= 11 is 0. The maximum atomic E-state index is 13.4. The van der Waals surface area contributed by atoms with E-state index >= 15 is 0 Å². The second-order valence-corrected chi connectivity index (χ2v) is 8.06. The van der Waals surface area contributed by atoms with Crippen LogP contribution in [0.1, 0.15) is 74.0 Å². The quantitative estimate of drug-likeness (QED) is 0.667. The normalized spacial score (nSPS) is 36.4.